The van der Waals surface area contributed by atoms with E-state index < -0.39 is 0 Å². The fraction of sp³-hybridized carbons (Fsp3) is 0.611. The van der Waals surface area contributed by atoms with Crippen LogP contribution in [0.5, 0.6) is 5.75 Å². The predicted molar refractivity (Wildman–Crippen MR) is 91.4 cm³/mol. The highest BCUT2D eigenvalue weighted by atomic mass is 16.5. The molecule has 1 N–H and O–H groups in total. The number of nitrogens with zero attached hydrogens (tertiary/aromatic N) is 1. The minimum absolute atomic E-state index is 0.0170. The zero-order valence-electron chi connectivity index (χ0n) is 14.2. The van der Waals surface area contributed by atoms with E-state index in [1.807, 2.05) is 24.3 Å². The Bertz CT molecular complexity index is 546. The summed E-state index contributed by atoms with van der Waals surface area (Å²) in [4.78, 5) is 14.5. The third-order valence-corrected chi connectivity index (χ3v) is 4.57. The van der Waals surface area contributed by atoms with Crippen LogP contribution in [0.25, 0.3) is 0 Å². The van der Waals surface area contributed by atoms with Crippen LogP contribution in [0.15, 0.2) is 24.3 Å². The second-order valence-electron chi connectivity index (χ2n) is 6.29. The van der Waals surface area contributed by atoms with Gasteiger partial charge in [0.05, 0.1) is 25.9 Å². The smallest absolute Gasteiger partial charge is 0.225 e. The SMILES string of the molecule is COc1cccc(NC(=O)CCN2CCO[C@@H]([C@@H]3CCCO3)C2)c1. The van der Waals surface area contributed by atoms with E-state index in [0.717, 1.165) is 50.5 Å². The number of carbonyl (C=O) groups is 1. The molecule has 2 fully saturated rings. The van der Waals surface area contributed by atoms with Gasteiger partial charge in [-0.25, -0.2) is 0 Å². The van der Waals surface area contributed by atoms with Crippen molar-refractivity contribution in [3.8, 4) is 5.75 Å². The van der Waals surface area contributed by atoms with Crippen LogP contribution in [0, 0.1) is 0 Å². The van der Waals surface area contributed by atoms with E-state index in [4.69, 9.17) is 14.2 Å². The number of nitrogens with one attached hydrogen (secondary N) is 1. The Kier molecular flexibility index (Phi) is 6.07. The number of benzene rings is 1. The molecule has 0 saturated carbocycles. The zero-order chi connectivity index (χ0) is 16.8. The van der Waals surface area contributed by atoms with E-state index in [9.17, 15) is 4.79 Å². The normalized spacial score (nSPS) is 24.7. The van der Waals surface area contributed by atoms with Crippen LogP contribution in [-0.2, 0) is 14.3 Å². The average molecular weight is 334 g/mol. The van der Waals surface area contributed by atoms with Gasteiger partial charge in [-0.2, -0.15) is 0 Å². The molecule has 1 aromatic carbocycles. The van der Waals surface area contributed by atoms with Gasteiger partial charge in [0.15, 0.2) is 0 Å². The molecule has 2 aliphatic rings. The van der Waals surface area contributed by atoms with Crippen molar-refractivity contribution in [2.24, 2.45) is 0 Å². The van der Waals surface area contributed by atoms with Gasteiger partial charge in [-0.1, -0.05) is 6.07 Å². The molecule has 2 aliphatic heterocycles. The molecule has 1 aromatic rings. The Morgan fingerprint density at radius 2 is 2.21 bits per heavy atom. The number of rotatable bonds is 6. The van der Waals surface area contributed by atoms with Gasteiger partial charge in [-0.05, 0) is 25.0 Å². The van der Waals surface area contributed by atoms with Gasteiger partial charge < -0.3 is 19.5 Å². The van der Waals surface area contributed by atoms with Crippen molar-refractivity contribution in [2.45, 2.75) is 31.5 Å². The summed E-state index contributed by atoms with van der Waals surface area (Å²) in [6.07, 6.45) is 3.03. The minimum atomic E-state index is 0.0170. The molecule has 6 heteroatoms. The number of carbonyl (C=O) groups excluding carboxylic acids is 1. The van der Waals surface area contributed by atoms with Crippen molar-refractivity contribution < 1.29 is 19.0 Å². The second-order valence-corrected chi connectivity index (χ2v) is 6.29. The first-order valence-electron chi connectivity index (χ1n) is 8.64. The van der Waals surface area contributed by atoms with Gasteiger partial charge in [0.2, 0.25) is 5.91 Å². The van der Waals surface area contributed by atoms with Gasteiger partial charge in [0, 0.05) is 44.4 Å². The number of morpholine rings is 1. The van der Waals surface area contributed by atoms with Crippen LogP contribution in [0.4, 0.5) is 5.69 Å². The average Bonchev–Trinajstić information content (AvgIpc) is 3.15. The standard InChI is InChI=1S/C18H26N2O4/c1-22-15-5-2-4-14(12-15)19-18(21)7-8-20-9-11-24-17(13-20)16-6-3-10-23-16/h2,4-5,12,16-17H,3,6-11,13H2,1H3,(H,19,21)/t16-,17+/m0/s1. The van der Waals surface area contributed by atoms with Crippen molar-refractivity contribution in [1.29, 1.82) is 0 Å². The Hall–Kier alpha value is -1.63. The lowest BCUT2D eigenvalue weighted by Gasteiger charge is -2.35. The van der Waals surface area contributed by atoms with Crippen LogP contribution in [-0.4, -0.2) is 63.0 Å². The highest BCUT2D eigenvalue weighted by molar-refractivity contribution is 5.91. The van der Waals surface area contributed by atoms with Gasteiger partial charge in [0.1, 0.15) is 5.75 Å². The number of amides is 1. The number of methoxy groups -OCH3 is 1. The molecule has 0 unspecified atom stereocenters. The van der Waals surface area contributed by atoms with E-state index in [0.29, 0.717) is 13.0 Å². The van der Waals surface area contributed by atoms with E-state index in [-0.39, 0.29) is 18.1 Å². The summed E-state index contributed by atoms with van der Waals surface area (Å²) in [5.74, 6) is 0.754. The molecule has 0 aromatic heterocycles. The molecule has 0 bridgehead atoms. The quantitative estimate of drug-likeness (QED) is 0.861. The molecule has 1 amide bonds. The van der Waals surface area contributed by atoms with Crippen LogP contribution < -0.4 is 10.1 Å². The Morgan fingerprint density at radius 3 is 3.00 bits per heavy atom. The monoisotopic (exact) mass is 334 g/mol. The predicted octanol–water partition coefficient (Wildman–Crippen LogP) is 1.90. The summed E-state index contributed by atoms with van der Waals surface area (Å²) in [5, 5.41) is 2.92. The molecule has 0 radical (unpaired) electrons. The molecular formula is C18H26N2O4. The summed E-state index contributed by atoms with van der Waals surface area (Å²) in [5.41, 5.74) is 0.763. The molecule has 132 valence electrons. The highest BCUT2D eigenvalue weighted by Crippen LogP contribution is 2.21. The molecule has 6 nitrogen and oxygen atoms in total. The summed E-state index contributed by atoms with van der Waals surface area (Å²) < 4.78 is 16.7. The Labute approximate surface area is 143 Å². The molecule has 0 aliphatic carbocycles. The molecule has 0 spiro atoms. The molecule has 2 saturated heterocycles. The summed E-state index contributed by atoms with van der Waals surface area (Å²) in [6, 6.07) is 7.40. The first kappa shape index (κ1) is 17.2. The van der Waals surface area contributed by atoms with Crippen LogP contribution in [0.3, 0.4) is 0 Å². The van der Waals surface area contributed by atoms with E-state index in [1.54, 1.807) is 7.11 Å². The van der Waals surface area contributed by atoms with Crippen LogP contribution in [0.1, 0.15) is 19.3 Å². The number of hydrogen-bond donors (Lipinski definition) is 1. The number of hydrogen-bond acceptors (Lipinski definition) is 5. The Balaban J connectivity index is 1.43. The largest absolute Gasteiger partial charge is 0.497 e. The molecule has 2 atom stereocenters. The molecule has 24 heavy (non-hydrogen) atoms. The lowest BCUT2D eigenvalue weighted by Crippen LogP contribution is -2.48. The maximum absolute atomic E-state index is 12.2. The van der Waals surface area contributed by atoms with Crippen molar-refractivity contribution >= 4 is 11.6 Å². The third-order valence-electron chi connectivity index (χ3n) is 4.57. The first-order valence-corrected chi connectivity index (χ1v) is 8.64. The van der Waals surface area contributed by atoms with Gasteiger partial charge in [-0.3, -0.25) is 9.69 Å². The topological polar surface area (TPSA) is 60.0 Å². The lowest BCUT2D eigenvalue weighted by atomic mass is 10.1. The van der Waals surface area contributed by atoms with Gasteiger partial charge >= 0.3 is 0 Å². The van der Waals surface area contributed by atoms with E-state index in [2.05, 4.69) is 10.2 Å². The zero-order valence-corrected chi connectivity index (χ0v) is 14.2. The highest BCUT2D eigenvalue weighted by Gasteiger charge is 2.31. The van der Waals surface area contributed by atoms with Gasteiger partial charge in [0.25, 0.3) is 0 Å². The molecular weight excluding hydrogens is 308 g/mol. The van der Waals surface area contributed by atoms with Crippen molar-refractivity contribution in [2.75, 3.05) is 45.3 Å². The maximum Gasteiger partial charge on any atom is 0.225 e. The molecule has 2 heterocycles. The fourth-order valence-electron chi connectivity index (χ4n) is 3.24. The van der Waals surface area contributed by atoms with E-state index in [1.165, 1.54) is 0 Å². The minimum Gasteiger partial charge on any atom is -0.497 e. The summed E-state index contributed by atoms with van der Waals surface area (Å²) in [6.45, 7) is 4.00. The lowest BCUT2D eigenvalue weighted by molar-refractivity contribution is -0.118. The van der Waals surface area contributed by atoms with Crippen molar-refractivity contribution in [3.05, 3.63) is 24.3 Å². The molecule has 3 rings (SSSR count). The van der Waals surface area contributed by atoms with E-state index >= 15 is 0 Å². The van der Waals surface area contributed by atoms with Crippen molar-refractivity contribution in [3.63, 3.8) is 0 Å². The summed E-state index contributed by atoms with van der Waals surface area (Å²) >= 11 is 0. The van der Waals surface area contributed by atoms with Gasteiger partial charge in [-0.15, -0.1) is 0 Å². The summed E-state index contributed by atoms with van der Waals surface area (Å²) in [7, 11) is 1.61. The van der Waals surface area contributed by atoms with Crippen molar-refractivity contribution in [1.82, 2.24) is 4.90 Å². The number of ether oxygens (including phenoxy) is 3. The number of anilines is 1. The first-order chi connectivity index (χ1) is 11.7. The second kappa shape index (κ2) is 8.46. The Morgan fingerprint density at radius 1 is 1.33 bits per heavy atom. The third kappa shape index (κ3) is 4.69. The van der Waals surface area contributed by atoms with Crippen LogP contribution in [0.2, 0.25) is 0 Å². The van der Waals surface area contributed by atoms with Crippen LogP contribution >= 0.6 is 0 Å². The fourth-order valence-corrected chi connectivity index (χ4v) is 3.24. The maximum atomic E-state index is 12.2.